The van der Waals surface area contributed by atoms with Crippen LogP contribution in [0.1, 0.15) is 44.7 Å². The summed E-state index contributed by atoms with van der Waals surface area (Å²) in [5, 5.41) is 3.46. The Morgan fingerprint density at radius 3 is 2.37 bits per heavy atom. The lowest BCUT2D eigenvalue weighted by Crippen LogP contribution is -2.49. The van der Waals surface area contributed by atoms with Crippen LogP contribution in [-0.4, -0.2) is 35.4 Å². The largest absolute Gasteiger partial charge is 0.494 e. The molecule has 6 heteroatoms. The van der Waals surface area contributed by atoms with Crippen LogP contribution in [-0.2, 0) is 16.1 Å². The van der Waals surface area contributed by atoms with Crippen LogP contribution in [0.5, 0.6) is 5.75 Å². The van der Waals surface area contributed by atoms with Gasteiger partial charge in [0, 0.05) is 24.0 Å². The second kappa shape index (κ2) is 11.6. The Morgan fingerprint density at radius 2 is 1.73 bits per heavy atom. The Kier molecular flexibility index (Phi) is 9.18. The minimum absolute atomic E-state index is 0.000115. The summed E-state index contributed by atoms with van der Waals surface area (Å²) < 4.78 is 5.72. The van der Waals surface area contributed by atoms with Gasteiger partial charge in [-0.2, -0.15) is 0 Å². The van der Waals surface area contributed by atoms with Gasteiger partial charge in [-0.1, -0.05) is 47.5 Å². The van der Waals surface area contributed by atoms with Crippen LogP contribution in [0, 0.1) is 6.92 Å². The van der Waals surface area contributed by atoms with Crippen molar-refractivity contribution in [1.29, 1.82) is 0 Å². The number of benzene rings is 2. The molecule has 0 aliphatic carbocycles. The van der Waals surface area contributed by atoms with Crippen LogP contribution in [0.15, 0.2) is 48.5 Å². The molecule has 0 bridgehead atoms. The monoisotopic (exact) mass is 430 g/mol. The first-order valence-electron chi connectivity index (χ1n) is 10.3. The Balaban J connectivity index is 2.00. The van der Waals surface area contributed by atoms with E-state index in [1.54, 1.807) is 17.9 Å². The first-order valence-corrected chi connectivity index (χ1v) is 10.7. The summed E-state index contributed by atoms with van der Waals surface area (Å²) >= 11 is 6.29. The summed E-state index contributed by atoms with van der Waals surface area (Å²) in [5.74, 6) is 0.501. The van der Waals surface area contributed by atoms with Crippen LogP contribution in [0.25, 0.3) is 0 Å². The Hall–Kier alpha value is -2.53. The van der Waals surface area contributed by atoms with Crippen LogP contribution < -0.4 is 10.1 Å². The zero-order valence-electron chi connectivity index (χ0n) is 18.2. The predicted octanol–water partition coefficient (Wildman–Crippen LogP) is 4.75. The fraction of sp³-hybridized carbons (Fsp3) is 0.417. The summed E-state index contributed by atoms with van der Waals surface area (Å²) in [6.45, 7) is 8.27. The zero-order valence-corrected chi connectivity index (χ0v) is 18.9. The predicted molar refractivity (Wildman–Crippen MR) is 121 cm³/mol. The Bertz CT molecular complexity index is 837. The molecule has 5 nitrogen and oxygen atoms in total. The van der Waals surface area contributed by atoms with Gasteiger partial charge in [0.1, 0.15) is 11.8 Å². The molecule has 0 fully saturated rings. The molecule has 2 rings (SSSR count). The summed E-state index contributed by atoms with van der Waals surface area (Å²) in [7, 11) is 0. The molecule has 1 atom stereocenters. The average Bonchev–Trinajstić information content (AvgIpc) is 2.70. The summed E-state index contributed by atoms with van der Waals surface area (Å²) in [4.78, 5) is 27.1. The van der Waals surface area contributed by atoms with E-state index in [0.29, 0.717) is 18.1 Å². The smallest absolute Gasteiger partial charge is 0.242 e. The maximum absolute atomic E-state index is 13.0. The van der Waals surface area contributed by atoms with Crippen LogP contribution >= 0.6 is 11.6 Å². The number of nitrogens with one attached hydrogen (secondary N) is 1. The minimum Gasteiger partial charge on any atom is -0.494 e. The van der Waals surface area contributed by atoms with Crippen molar-refractivity contribution in [2.75, 3.05) is 6.61 Å². The molecule has 2 amide bonds. The van der Waals surface area contributed by atoms with Crippen molar-refractivity contribution in [2.24, 2.45) is 0 Å². The van der Waals surface area contributed by atoms with E-state index < -0.39 is 6.04 Å². The number of halogens is 1. The van der Waals surface area contributed by atoms with Gasteiger partial charge in [0.25, 0.3) is 0 Å². The lowest BCUT2D eigenvalue weighted by atomic mass is 10.1. The summed E-state index contributed by atoms with van der Waals surface area (Å²) in [5.41, 5.74) is 1.98. The van der Waals surface area contributed by atoms with Crippen LogP contribution in [0.4, 0.5) is 0 Å². The molecule has 0 spiro atoms. The molecule has 30 heavy (non-hydrogen) atoms. The number of carbonyl (C=O) groups excluding carboxylic acids is 2. The van der Waals surface area contributed by atoms with Gasteiger partial charge >= 0.3 is 0 Å². The number of nitrogens with zero attached hydrogens (tertiary/aromatic N) is 1. The third-order valence-corrected chi connectivity index (χ3v) is 5.09. The van der Waals surface area contributed by atoms with Crippen LogP contribution in [0.2, 0.25) is 5.02 Å². The highest BCUT2D eigenvalue weighted by Crippen LogP contribution is 2.20. The minimum atomic E-state index is -0.603. The number of ether oxygens (including phenoxy) is 1. The van der Waals surface area contributed by atoms with Crippen molar-refractivity contribution in [3.05, 3.63) is 64.7 Å². The first-order chi connectivity index (χ1) is 14.3. The maximum Gasteiger partial charge on any atom is 0.242 e. The van der Waals surface area contributed by atoms with Gasteiger partial charge in [0.2, 0.25) is 11.8 Å². The number of hydrogen-bond acceptors (Lipinski definition) is 3. The van der Waals surface area contributed by atoms with E-state index in [9.17, 15) is 9.59 Å². The van der Waals surface area contributed by atoms with E-state index in [1.165, 1.54) is 5.56 Å². The topological polar surface area (TPSA) is 58.6 Å². The number of amides is 2. The second-order valence-corrected chi connectivity index (χ2v) is 8.12. The van der Waals surface area contributed by atoms with Gasteiger partial charge in [0.05, 0.1) is 6.61 Å². The summed E-state index contributed by atoms with van der Waals surface area (Å²) in [6, 6.07) is 14.6. The van der Waals surface area contributed by atoms with Crippen molar-refractivity contribution < 1.29 is 14.3 Å². The average molecular weight is 431 g/mol. The molecule has 0 aliphatic heterocycles. The summed E-state index contributed by atoms with van der Waals surface area (Å²) in [6.07, 6.45) is 0.847. The molecular weight excluding hydrogens is 400 g/mol. The molecule has 0 aromatic heterocycles. The standard InChI is InChI=1S/C24H31ClN2O3/c1-17(2)26-24(29)19(4)27(16-20-8-5-6-9-22(20)25)23(28)10-7-15-30-21-13-11-18(3)12-14-21/h5-6,8-9,11-14,17,19H,7,10,15-16H2,1-4H3,(H,26,29). The van der Waals surface area contributed by atoms with Gasteiger partial charge < -0.3 is 15.0 Å². The van der Waals surface area contributed by atoms with E-state index in [4.69, 9.17) is 16.3 Å². The van der Waals surface area contributed by atoms with Gasteiger partial charge in [-0.15, -0.1) is 0 Å². The first kappa shape index (κ1) is 23.7. The highest BCUT2D eigenvalue weighted by Gasteiger charge is 2.26. The third-order valence-electron chi connectivity index (χ3n) is 4.72. The zero-order chi connectivity index (χ0) is 22.1. The van der Waals surface area contributed by atoms with E-state index >= 15 is 0 Å². The number of rotatable bonds is 10. The SMILES string of the molecule is Cc1ccc(OCCCC(=O)N(Cc2ccccc2Cl)C(C)C(=O)NC(C)C)cc1. The lowest BCUT2D eigenvalue weighted by Gasteiger charge is -2.29. The second-order valence-electron chi connectivity index (χ2n) is 7.72. The molecule has 0 saturated heterocycles. The molecule has 0 aliphatic rings. The number of aryl methyl sites for hydroxylation is 1. The molecule has 0 saturated carbocycles. The molecule has 0 radical (unpaired) electrons. The van der Waals surface area contributed by atoms with Crippen LogP contribution in [0.3, 0.4) is 0 Å². The van der Waals surface area contributed by atoms with Crippen molar-refractivity contribution >= 4 is 23.4 Å². The quantitative estimate of drug-likeness (QED) is 0.553. The van der Waals surface area contributed by atoms with Gasteiger partial charge in [0.15, 0.2) is 0 Å². The van der Waals surface area contributed by atoms with Gasteiger partial charge in [-0.3, -0.25) is 9.59 Å². The fourth-order valence-electron chi connectivity index (χ4n) is 2.99. The van der Waals surface area contributed by atoms with Crippen molar-refractivity contribution in [1.82, 2.24) is 10.2 Å². The highest BCUT2D eigenvalue weighted by molar-refractivity contribution is 6.31. The van der Waals surface area contributed by atoms with E-state index in [2.05, 4.69) is 5.32 Å². The van der Waals surface area contributed by atoms with Crippen molar-refractivity contribution in [2.45, 2.75) is 59.2 Å². The van der Waals surface area contributed by atoms with E-state index in [0.717, 1.165) is 11.3 Å². The molecule has 2 aromatic carbocycles. The third kappa shape index (κ3) is 7.38. The molecular formula is C24H31ClN2O3. The molecule has 162 valence electrons. The molecule has 0 heterocycles. The Morgan fingerprint density at radius 1 is 1.07 bits per heavy atom. The van der Waals surface area contributed by atoms with E-state index in [1.807, 2.05) is 63.2 Å². The molecule has 1 unspecified atom stereocenters. The number of carbonyl (C=O) groups is 2. The van der Waals surface area contributed by atoms with Crippen molar-refractivity contribution in [3.63, 3.8) is 0 Å². The van der Waals surface area contributed by atoms with Gasteiger partial charge in [-0.25, -0.2) is 0 Å². The fourth-order valence-corrected chi connectivity index (χ4v) is 3.18. The van der Waals surface area contributed by atoms with E-state index in [-0.39, 0.29) is 30.8 Å². The van der Waals surface area contributed by atoms with Crippen molar-refractivity contribution in [3.8, 4) is 5.75 Å². The highest BCUT2D eigenvalue weighted by atomic mass is 35.5. The number of hydrogen-bond donors (Lipinski definition) is 1. The maximum atomic E-state index is 13.0. The molecule has 1 N–H and O–H groups in total. The Labute approximate surface area is 184 Å². The van der Waals surface area contributed by atoms with Gasteiger partial charge in [-0.05, 0) is 57.9 Å². The molecule has 2 aromatic rings. The lowest BCUT2D eigenvalue weighted by molar-refractivity contribution is -0.141. The normalized spacial score (nSPS) is 11.8.